The smallest absolute Gasteiger partial charge is 0.320 e. The molecule has 1 nitrogen and oxygen atoms in total. The van der Waals surface area contributed by atoms with Gasteiger partial charge in [-0.2, -0.15) is 13.2 Å². The monoisotopic (exact) mass is 491 g/mol. The zero-order chi connectivity index (χ0) is 15.1. The van der Waals surface area contributed by atoms with Gasteiger partial charge in [0.2, 0.25) is 0 Å². The predicted octanol–water partition coefficient (Wildman–Crippen LogP) is 6.10. The maximum absolute atomic E-state index is 12.9. The third-order valence-corrected chi connectivity index (χ3v) is 5.75. The fraction of sp³-hybridized carbons (Fsp3) is 0.167. The number of benzene rings is 1. The average molecular weight is 494 g/mol. The molecule has 2 aromatic rings. The molecule has 0 radical (unpaired) electrons. The Morgan fingerprint density at radius 1 is 1.10 bits per heavy atom. The first-order valence-electron chi connectivity index (χ1n) is 5.27. The van der Waals surface area contributed by atoms with Crippen LogP contribution in [0.25, 0.3) is 0 Å². The summed E-state index contributed by atoms with van der Waals surface area (Å²) in [5.74, 6) is 0. The van der Waals surface area contributed by atoms with Gasteiger partial charge in [-0.05, 0) is 61.2 Å². The van der Waals surface area contributed by atoms with Gasteiger partial charge in [-0.15, -0.1) is 11.3 Å². The maximum Gasteiger partial charge on any atom is 0.417 e. The van der Waals surface area contributed by atoms with Gasteiger partial charge in [-0.3, -0.25) is 0 Å². The Balaban J connectivity index is 2.46. The van der Waals surface area contributed by atoms with E-state index in [4.69, 9.17) is 5.73 Å². The normalized spacial score (nSPS) is 13.6. The van der Waals surface area contributed by atoms with E-state index in [1.54, 1.807) is 12.1 Å². The number of alkyl halides is 3. The summed E-state index contributed by atoms with van der Waals surface area (Å²) in [7, 11) is 0. The first-order valence-corrected chi connectivity index (χ1v) is 8.46. The Morgan fingerprint density at radius 3 is 2.25 bits per heavy atom. The fourth-order valence-corrected chi connectivity index (χ4v) is 5.10. The largest absolute Gasteiger partial charge is 0.417 e. The van der Waals surface area contributed by atoms with Crippen LogP contribution in [0.3, 0.4) is 0 Å². The summed E-state index contributed by atoms with van der Waals surface area (Å²) in [6, 6.07) is 5.21. The van der Waals surface area contributed by atoms with Crippen LogP contribution in [0.1, 0.15) is 22.7 Å². The molecule has 20 heavy (non-hydrogen) atoms. The van der Waals surface area contributed by atoms with Crippen molar-refractivity contribution in [3.63, 3.8) is 0 Å². The molecule has 0 saturated carbocycles. The zero-order valence-electron chi connectivity index (χ0n) is 9.64. The van der Waals surface area contributed by atoms with Crippen molar-refractivity contribution in [2.24, 2.45) is 5.73 Å². The second kappa shape index (κ2) is 6.08. The van der Waals surface area contributed by atoms with Gasteiger partial charge < -0.3 is 5.73 Å². The van der Waals surface area contributed by atoms with Gasteiger partial charge in [0, 0.05) is 4.47 Å². The highest BCUT2D eigenvalue weighted by molar-refractivity contribution is 9.12. The van der Waals surface area contributed by atoms with Gasteiger partial charge in [0.25, 0.3) is 0 Å². The minimum atomic E-state index is -4.42. The Bertz CT molecular complexity index is 639. The van der Waals surface area contributed by atoms with Gasteiger partial charge in [-0.1, -0.05) is 22.0 Å². The summed E-state index contributed by atoms with van der Waals surface area (Å²) in [6.07, 6.45) is -4.42. The fourth-order valence-electron chi connectivity index (χ4n) is 1.70. The SMILES string of the molecule is NC(c1ccc(Br)c(C(F)(F)F)c1)c1cc(Br)sc1Br. The van der Waals surface area contributed by atoms with Gasteiger partial charge in [0.15, 0.2) is 0 Å². The van der Waals surface area contributed by atoms with Crippen LogP contribution < -0.4 is 5.73 Å². The van der Waals surface area contributed by atoms with E-state index in [1.807, 2.05) is 0 Å². The quantitative estimate of drug-likeness (QED) is 0.537. The van der Waals surface area contributed by atoms with Crippen molar-refractivity contribution in [2.75, 3.05) is 0 Å². The highest BCUT2D eigenvalue weighted by Crippen LogP contribution is 2.40. The van der Waals surface area contributed by atoms with Crippen molar-refractivity contribution in [1.29, 1.82) is 0 Å². The number of rotatable bonds is 2. The lowest BCUT2D eigenvalue weighted by Crippen LogP contribution is -2.14. The van der Waals surface area contributed by atoms with Gasteiger partial charge in [0.1, 0.15) is 0 Å². The summed E-state index contributed by atoms with van der Waals surface area (Å²) < 4.78 is 40.3. The first-order chi connectivity index (χ1) is 9.20. The zero-order valence-corrected chi connectivity index (χ0v) is 15.2. The second-order valence-corrected chi connectivity index (χ2v) is 8.60. The molecule has 1 atom stereocenters. The molecule has 0 amide bonds. The minimum Gasteiger partial charge on any atom is -0.320 e. The summed E-state index contributed by atoms with van der Waals surface area (Å²) in [6.45, 7) is 0. The molecule has 2 N–H and O–H groups in total. The van der Waals surface area contributed by atoms with E-state index < -0.39 is 17.8 Å². The molecule has 2 rings (SSSR count). The number of halogens is 6. The van der Waals surface area contributed by atoms with Crippen molar-refractivity contribution in [3.8, 4) is 0 Å². The molecule has 0 aliphatic carbocycles. The van der Waals surface area contributed by atoms with Crippen LogP contribution in [0, 0.1) is 0 Å². The predicted molar refractivity (Wildman–Crippen MR) is 84.9 cm³/mol. The molecule has 0 spiro atoms. The highest BCUT2D eigenvalue weighted by atomic mass is 79.9. The van der Waals surface area contributed by atoms with Crippen LogP contribution in [0.2, 0.25) is 0 Å². The van der Waals surface area contributed by atoms with Crippen molar-refractivity contribution in [3.05, 3.63) is 53.0 Å². The van der Waals surface area contributed by atoms with Crippen molar-refractivity contribution < 1.29 is 13.2 Å². The van der Waals surface area contributed by atoms with E-state index in [1.165, 1.54) is 17.4 Å². The van der Waals surface area contributed by atoms with Crippen LogP contribution in [-0.2, 0) is 6.18 Å². The highest BCUT2D eigenvalue weighted by Gasteiger charge is 2.33. The molecule has 1 heterocycles. The summed E-state index contributed by atoms with van der Waals surface area (Å²) in [4.78, 5) is 0. The van der Waals surface area contributed by atoms with Crippen molar-refractivity contribution in [2.45, 2.75) is 12.2 Å². The third kappa shape index (κ3) is 3.47. The van der Waals surface area contributed by atoms with Gasteiger partial charge in [0.05, 0.1) is 19.2 Å². The van der Waals surface area contributed by atoms with E-state index in [2.05, 4.69) is 47.8 Å². The van der Waals surface area contributed by atoms with Gasteiger partial charge in [-0.25, -0.2) is 0 Å². The Labute approximate surface area is 142 Å². The molecule has 1 aromatic carbocycles. The molecule has 0 saturated heterocycles. The number of nitrogens with two attached hydrogens (primary N) is 1. The molecule has 1 unspecified atom stereocenters. The lowest BCUT2D eigenvalue weighted by atomic mass is 10.00. The summed E-state index contributed by atoms with van der Waals surface area (Å²) >= 11 is 11.0. The molecule has 0 fully saturated rings. The van der Waals surface area contributed by atoms with Crippen molar-refractivity contribution in [1.82, 2.24) is 0 Å². The van der Waals surface area contributed by atoms with Crippen LogP contribution in [0.4, 0.5) is 13.2 Å². The molecular weight excluding hydrogens is 487 g/mol. The van der Waals surface area contributed by atoms with E-state index >= 15 is 0 Å². The lowest BCUT2D eigenvalue weighted by molar-refractivity contribution is -0.138. The number of thiophene rings is 1. The van der Waals surface area contributed by atoms with E-state index in [0.29, 0.717) is 5.56 Å². The van der Waals surface area contributed by atoms with Gasteiger partial charge >= 0.3 is 6.18 Å². The summed E-state index contributed by atoms with van der Waals surface area (Å²) in [5, 5.41) is 0. The Morgan fingerprint density at radius 2 is 1.75 bits per heavy atom. The van der Waals surface area contributed by atoms with E-state index in [-0.39, 0.29) is 4.47 Å². The Hall–Kier alpha value is 0.110. The first kappa shape index (κ1) is 16.5. The molecule has 0 bridgehead atoms. The maximum atomic E-state index is 12.9. The van der Waals surface area contributed by atoms with E-state index in [9.17, 15) is 13.2 Å². The molecule has 1 aromatic heterocycles. The second-order valence-electron chi connectivity index (χ2n) is 3.99. The standard InChI is InChI=1S/C12H7Br3F3NS/c13-8-2-1-5(3-7(8)12(16,17)18)10(19)6-4-9(14)20-11(6)15/h1-4,10H,19H2. The Kier molecular flexibility index (Phi) is 5.01. The average Bonchev–Trinajstić information content (AvgIpc) is 2.66. The molecule has 0 aliphatic heterocycles. The van der Waals surface area contributed by atoms with Crippen molar-refractivity contribution >= 4 is 59.1 Å². The van der Waals surface area contributed by atoms with E-state index in [0.717, 1.165) is 19.2 Å². The molecule has 8 heteroatoms. The molecular formula is C12H7Br3F3NS. The molecule has 0 aliphatic rings. The minimum absolute atomic E-state index is 0.00603. The third-order valence-electron chi connectivity index (χ3n) is 2.67. The number of hydrogen-bond donors (Lipinski definition) is 1. The van der Waals surface area contributed by atoms with Crippen LogP contribution in [0.15, 0.2) is 36.3 Å². The summed E-state index contributed by atoms with van der Waals surface area (Å²) in [5.41, 5.74) is 6.50. The van der Waals surface area contributed by atoms with Crippen LogP contribution in [0.5, 0.6) is 0 Å². The van der Waals surface area contributed by atoms with Crippen LogP contribution >= 0.6 is 59.1 Å². The molecule has 108 valence electrons. The number of hydrogen-bond acceptors (Lipinski definition) is 2. The lowest BCUT2D eigenvalue weighted by Gasteiger charge is -2.15. The topological polar surface area (TPSA) is 26.0 Å². The van der Waals surface area contributed by atoms with Crippen LogP contribution in [-0.4, -0.2) is 0 Å².